The topological polar surface area (TPSA) is 20.2 Å². The monoisotopic (exact) mass is 269 g/mol. The molecule has 0 aliphatic carbocycles. The number of rotatable bonds is 2. The Labute approximate surface area is 102 Å². The maximum Gasteiger partial charge on any atom is 0.206 e. The molecule has 0 bridgehead atoms. The second kappa shape index (κ2) is 7.51. The number of aromatic hydroxyl groups is 1. The van der Waals surface area contributed by atoms with E-state index in [2.05, 4.69) is 13.8 Å². The van der Waals surface area contributed by atoms with Gasteiger partial charge in [0.25, 0.3) is 0 Å². The minimum atomic E-state index is -2.29. The van der Waals surface area contributed by atoms with Crippen LogP contribution in [0, 0.1) is 29.1 Å². The third-order valence-corrected chi connectivity index (χ3v) is 2.92. The standard InChI is InChI=1S/C6HF5O.2C2H5.Al/c7-1-2(8)4(10)6(12)5(11)3(1)9;2*1-2;/h12H;2*1H2,2H3;. The van der Waals surface area contributed by atoms with Gasteiger partial charge in [-0.25, -0.2) is 13.2 Å². The van der Waals surface area contributed by atoms with E-state index >= 15 is 0 Å². The van der Waals surface area contributed by atoms with E-state index in [9.17, 15) is 22.0 Å². The summed E-state index contributed by atoms with van der Waals surface area (Å²) in [6.45, 7) is 4.50. The first-order valence-corrected chi connectivity index (χ1v) is 6.53. The zero-order chi connectivity index (χ0) is 13.6. The van der Waals surface area contributed by atoms with Crippen LogP contribution in [-0.4, -0.2) is 20.3 Å². The average molecular weight is 269 g/mol. The molecular weight excluding hydrogens is 258 g/mol. The Morgan fingerprint density at radius 3 is 1.29 bits per heavy atom. The molecule has 0 fully saturated rings. The molecule has 0 heterocycles. The van der Waals surface area contributed by atoms with Crippen molar-refractivity contribution in [3.05, 3.63) is 29.1 Å². The highest BCUT2D eigenvalue weighted by atomic mass is 27.1. The molecule has 1 rings (SSSR count). The van der Waals surface area contributed by atoms with Crippen LogP contribution in [0.5, 0.6) is 5.75 Å². The summed E-state index contributed by atoms with van der Waals surface area (Å²) in [7, 11) is 0. The molecule has 0 amide bonds. The average Bonchev–Trinajstić information content (AvgIpc) is 2.33. The summed E-state index contributed by atoms with van der Waals surface area (Å²) in [5.74, 6) is -12.9. The molecule has 7 heteroatoms. The highest BCUT2D eigenvalue weighted by molar-refractivity contribution is 6.34. The molecule has 0 atom stereocenters. The lowest BCUT2D eigenvalue weighted by atomic mass is 10.3. The van der Waals surface area contributed by atoms with Gasteiger partial charge in [0.1, 0.15) is 0 Å². The Bertz CT molecular complexity index is 276. The number of hydrogen-bond acceptors (Lipinski definition) is 1. The van der Waals surface area contributed by atoms with Crippen LogP contribution in [0.2, 0.25) is 10.6 Å². The highest BCUT2D eigenvalue weighted by Crippen LogP contribution is 2.27. The largest absolute Gasteiger partial charge is 0.503 e. The van der Waals surface area contributed by atoms with Crippen molar-refractivity contribution in [1.82, 2.24) is 0 Å². The first-order chi connectivity index (χ1) is 7.88. The predicted molar refractivity (Wildman–Crippen MR) is 54.6 cm³/mol. The molecule has 0 saturated heterocycles. The van der Waals surface area contributed by atoms with Gasteiger partial charge in [0.15, 0.2) is 21.0 Å². The van der Waals surface area contributed by atoms with Crippen molar-refractivity contribution in [2.75, 3.05) is 0 Å². The Balaban J connectivity index is 0.000000437. The van der Waals surface area contributed by atoms with Crippen LogP contribution in [-0.2, 0) is 0 Å². The Kier molecular flexibility index (Phi) is 7.16. The quantitative estimate of drug-likeness (QED) is 0.376. The van der Waals surface area contributed by atoms with Crippen LogP contribution in [0.3, 0.4) is 0 Å². The van der Waals surface area contributed by atoms with Crippen LogP contribution in [0.15, 0.2) is 0 Å². The first kappa shape index (κ1) is 16.2. The zero-order valence-electron chi connectivity index (χ0n) is 9.33. The van der Waals surface area contributed by atoms with E-state index < -0.39 is 34.8 Å². The molecule has 0 unspecified atom stereocenters. The van der Waals surface area contributed by atoms with E-state index in [1.807, 2.05) is 0 Å². The summed E-state index contributed by atoms with van der Waals surface area (Å²) in [5.41, 5.74) is 0. The fourth-order valence-corrected chi connectivity index (χ4v) is 1.46. The molecule has 0 spiro atoms. The zero-order valence-corrected chi connectivity index (χ0v) is 10.5. The van der Waals surface area contributed by atoms with E-state index in [0.717, 1.165) is 15.2 Å². The number of halogens is 5. The lowest BCUT2D eigenvalue weighted by Gasteiger charge is -2.00. The van der Waals surface area contributed by atoms with Gasteiger partial charge >= 0.3 is 0 Å². The summed E-state index contributed by atoms with van der Waals surface area (Å²) >= 11 is 0.815. The Morgan fingerprint density at radius 1 is 0.765 bits per heavy atom. The molecule has 1 N–H and O–H groups in total. The number of phenols is 1. The van der Waals surface area contributed by atoms with Gasteiger partial charge in [-0.3, -0.25) is 0 Å². The molecule has 0 aromatic heterocycles. The molecular formula is C10H11AlF5O. The summed E-state index contributed by atoms with van der Waals surface area (Å²) < 4.78 is 60.6. The number of benzene rings is 1. The second-order valence-electron chi connectivity index (χ2n) is 3.02. The molecule has 1 radical (unpaired) electrons. The lowest BCUT2D eigenvalue weighted by molar-refractivity contribution is 0.325. The molecule has 17 heavy (non-hydrogen) atoms. The number of phenolic OH excluding ortho intramolecular Hbond substituents is 1. The summed E-state index contributed by atoms with van der Waals surface area (Å²) in [5, 5.41) is 11.1. The van der Waals surface area contributed by atoms with Crippen LogP contribution in [0.1, 0.15) is 13.8 Å². The Hall–Kier alpha value is -0.798. The van der Waals surface area contributed by atoms with E-state index in [-0.39, 0.29) is 0 Å². The third-order valence-electron chi connectivity index (χ3n) is 1.76. The van der Waals surface area contributed by atoms with Crippen molar-refractivity contribution >= 4 is 15.2 Å². The molecule has 1 aromatic carbocycles. The second-order valence-corrected chi connectivity index (χ2v) is 5.23. The summed E-state index contributed by atoms with van der Waals surface area (Å²) in [6, 6.07) is 0. The highest BCUT2D eigenvalue weighted by Gasteiger charge is 2.24. The maximum absolute atomic E-state index is 12.2. The van der Waals surface area contributed by atoms with Crippen LogP contribution >= 0.6 is 0 Å². The minimum Gasteiger partial charge on any atom is -0.503 e. The molecule has 0 saturated carbocycles. The van der Waals surface area contributed by atoms with Crippen molar-refractivity contribution in [3.63, 3.8) is 0 Å². The van der Waals surface area contributed by atoms with Gasteiger partial charge < -0.3 is 5.11 Å². The summed E-state index contributed by atoms with van der Waals surface area (Å²) in [6.07, 6.45) is 0. The normalized spacial score (nSPS) is 9.59. The van der Waals surface area contributed by atoms with E-state index in [4.69, 9.17) is 5.11 Å². The molecule has 0 aliphatic rings. The fraction of sp³-hybridized carbons (Fsp3) is 0.400. The van der Waals surface area contributed by atoms with Gasteiger partial charge in [0.2, 0.25) is 29.1 Å². The predicted octanol–water partition coefficient (Wildman–Crippen LogP) is 3.65. The first-order valence-electron chi connectivity index (χ1n) is 4.90. The smallest absolute Gasteiger partial charge is 0.206 e. The van der Waals surface area contributed by atoms with Crippen molar-refractivity contribution in [1.29, 1.82) is 0 Å². The van der Waals surface area contributed by atoms with Gasteiger partial charge in [-0.05, 0) is 0 Å². The van der Waals surface area contributed by atoms with E-state index in [0.29, 0.717) is 0 Å². The van der Waals surface area contributed by atoms with Gasteiger partial charge in [-0.2, -0.15) is 8.78 Å². The van der Waals surface area contributed by atoms with Crippen LogP contribution < -0.4 is 0 Å². The Morgan fingerprint density at radius 2 is 1.06 bits per heavy atom. The SMILES string of the molecule is C[CH2][Al][CH2]C.Oc1c(F)c(F)c(F)c(F)c1F. The molecule has 0 aliphatic heterocycles. The molecule has 95 valence electrons. The van der Waals surface area contributed by atoms with Gasteiger partial charge in [-0.15, -0.1) is 10.6 Å². The van der Waals surface area contributed by atoms with Gasteiger partial charge in [0, 0.05) is 0 Å². The molecule has 1 aromatic rings. The fourth-order valence-electron chi connectivity index (χ4n) is 0.882. The van der Waals surface area contributed by atoms with Crippen LogP contribution in [0.4, 0.5) is 22.0 Å². The van der Waals surface area contributed by atoms with Gasteiger partial charge in [-0.1, -0.05) is 13.8 Å². The van der Waals surface area contributed by atoms with Gasteiger partial charge in [0.05, 0.1) is 0 Å². The number of hydrogen-bond donors (Lipinski definition) is 1. The minimum absolute atomic E-state index is 0.815. The maximum atomic E-state index is 12.2. The van der Waals surface area contributed by atoms with E-state index in [1.165, 1.54) is 10.6 Å². The molecule has 1 nitrogen and oxygen atoms in total. The van der Waals surface area contributed by atoms with Crippen LogP contribution in [0.25, 0.3) is 0 Å². The van der Waals surface area contributed by atoms with Crippen molar-refractivity contribution in [3.8, 4) is 5.75 Å². The van der Waals surface area contributed by atoms with Crippen molar-refractivity contribution in [2.24, 2.45) is 0 Å². The third kappa shape index (κ3) is 4.17. The summed E-state index contributed by atoms with van der Waals surface area (Å²) in [4.78, 5) is 0. The van der Waals surface area contributed by atoms with Crippen molar-refractivity contribution in [2.45, 2.75) is 24.4 Å². The van der Waals surface area contributed by atoms with E-state index in [1.54, 1.807) is 0 Å². The van der Waals surface area contributed by atoms with Crippen molar-refractivity contribution < 1.29 is 27.1 Å². The lowest BCUT2D eigenvalue weighted by Crippen LogP contribution is -2.00.